The van der Waals surface area contributed by atoms with E-state index in [4.69, 9.17) is 0 Å². The molecule has 96 valence electrons. The number of nitrogens with zero attached hydrogens (tertiary/aromatic N) is 1. The summed E-state index contributed by atoms with van der Waals surface area (Å²) in [5.74, 6) is 0. The fraction of sp³-hybridized carbons (Fsp3) is 0.700. The first-order valence-corrected chi connectivity index (χ1v) is 5.44. The Kier molecular flexibility index (Phi) is 3.13. The lowest BCUT2D eigenvalue weighted by molar-refractivity contribution is -0.141. The predicted octanol–water partition coefficient (Wildman–Crippen LogP) is 1.09. The van der Waals surface area contributed by atoms with Crippen molar-refractivity contribution in [2.45, 2.75) is 31.0 Å². The van der Waals surface area contributed by atoms with Gasteiger partial charge in [0, 0.05) is 18.7 Å². The van der Waals surface area contributed by atoms with E-state index >= 15 is 0 Å². The van der Waals surface area contributed by atoms with Crippen LogP contribution in [-0.4, -0.2) is 34.0 Å². The van der Waals surface area contributed by atoms with Crippen LogP contribution in [0.3, 0.4) is 0 Å². The SMILES string of the molecule is OC1(Cc2cc(C(F)(F)F)n[nH]2)CCCNC1. The van der Waals surface area contributed by atoms with Crippen molar-refractivity contribution < 1.29 is 18.3 Å². The first-order chi connectivity index (χ1) is 7.89. The average molecular weight is 249 g/mol. The van der Waals surface area contributed by atoms with Gasteiger partial charge in [0.05, 0.1) is 5.60 Å². The summed E-state index contributed by atoms with van der Waals surface area (Å²) in [4.78, 5) is 0. The Morgan fingerprint density at radius 1 is 1.47 bits per heavy atom. The molecule has 1 unspecified atom stereocenters. The Labute approximate surface area is 96.2 Å². The molecular weight excluding hydrogens is 235 g/mol. The van der Waals surface area contributed by atoms with Gasteiger partial charge in [-0.1, -0.05) is 0 Å². The maximum atomic E-state index is 12.3. The maximum Gasteiger partial charge on any atom is 0.435 e. The van der Waals surface area contributed by atoms with Crippen LogP contribution in [0, 0.1) is 0 Å². The minimum atomic E-state index is -4.44. The predicted molar refractivity (Wildman–Crippen MR) is 54.3 cm³/mol. The minimum absolute atomic E-state index is 0.156. The molecule has 0 amide bonds. The Hall–Kier alpha value is -1.08. The molecule has 17 heavy (non-hydrogen) atoms. The lowest BCUT2D eigenvalue weighted by Gasteiger charge is -2.32. The molecule has 1 aromatic heterocycles. The third-order valence-electron chi connectivity index (χ3n) is 2.89. The van der Waals surface area contributed by atoms with Crippen molar-refractivity contribution in [1.82, 2.24) is 15.5 Å². The molecule has 7 heteroatoms. The van der Waals surface area contributed by atoms with Gasteiger partial charge in [0.1, 0.15) is 0 Å². The average Bonchev–Trinajstić information content (AvgIpc) is 2.66. The number of aliphatic hydroxyl groups is 1. The van der Waals surface area contributed by atoms with Gasteiger partial charge in [-0.05, 0) is 25.5 Å². The van der Waals surface area contributed by atoms with Gasteiger partial charge in [-0.25, -0.2) is 0 Å². The van der Waals surface area contributed by atoms with Crippen LogP contribution in [0.1, 0.15) is 24.2 Å². The van der Waals surface area contributed by atoms with Crippen LogP contribution in [0.5, 0.6) is 0 Å². The highest BCUT2D eigenvalue weighted by Crippen LogP contribution is 2.29. The van der Waals surface area contributed by atoms with Crippen LogP contribution in [0.2, 0.25) is 0 Å². The highest BCUT2D eigenvalue weighted by molar-refractivity contribution is 5.14. The topological polar surface area (TPSA) is 60.9 Å². The second kappa shape index (κ2) is 4.30. The summed E-state index contributed by atoms with van der Waals surface area (Å²) in [5, 5.41) is 18.7. The number of H-pyrrole nitrogens is 1. The highest BCUT2D eigenvalue weighted by Gasteiger charge is 2.35. The minimum Gasteiger partial charge on any atom is -0.388 e. The largest absolute Gasteiger partial charge is 0.435 e. The number of hydrogen-bond donors (Lipinski definition) is 3. The molecule has 1 atom stereocenters. The second-order valence-corrected chi connectivity index (χ2v) is 4.46. The van der Waals surface area contributed by atoms with E-state index in [0.29, 0.717) is 18.7 Å². The van der Waals surface area contributed by atoms with E-state index in [1.807, 2.05) is 0 Å². The third kappa shape index (κ3) is 2.98. The molecule has 0 aliphatic carbocycles. The van der Waals surface area contributed by atoms with Crippen LogP contribution < -0.4 is 5.32 Å². The fourth-order valence-corrected chi connectivity index (χ4v) is 2.05. The summed E-state index contributed by atoms with van der Waals surface area (Å²) in [5.41, 5.74) is -1.61. The van der Waals surface area contributed by atoms with E-state index in [1.54, 1.807) is 0 Å². The third-order valence-corrected chi connectivity index (χ3v) is 2.89. The molecule has 4 nitrogen and oxygen atoms in total. The van der Waals surface area contributed by atoms with Gasteiger partial charge < -0.3 is 10.4 Å². The lowest BCUT2D eigenvalue weighted by atomic mass is 9.89. The summed E-state index contributed by atoms with van der Waals surface area (Å²) in [6, 6.07) is 0.951. The molecule has 1 aliphatic heterocycles. The van der Waals surface area contributed by atoms with Crippen LogP contribution in [0.25, 0.3) is 0 Å². The lowest BCUT2D eigenvalue weighted by Crippen LogP contribution is -2.47. The van der Waals surface area contributed by atoms with E-state index in [1.165, 1.54) is 0 Å². The standard InChI is InChI=1S/C10H14F3N3O/c11-10(12,13)8-4-7(15-16-8)5-9(17)2-1-3-14-6-9/h4,14,17H,1-3,5-6H2,(H,15,16). The number of aromatic amines is 1. The Balaban J connectivity index is 2.06. The van der Waals surface area contributed by atoms with Crippen molar-refractivity contribution in [2.75, 3.05) is 13.1 Å². The van der Waals surface area contributed by atoms with Crippen molar-refractivity contribution in [3.8, 4) is 0 Å². The van der Waals surface area contributed by atoms with Crippen molar-refractivity contribution in [1.29, 1.82) is 0 Å². The van der Waals surface area contributed by atoms with Gasteiger partial charge in [0.25, 0.3) is 0 Å². The first kappa shape index (κ1) is 12.4. The van der Waals surface area contributed by atoms with Gasteiger partial charge in [-0.2, -0.15) is 18.3 Å². The molecule has 3 N–H and O–H groups in total. The molecule has 2 heterocycles. The van der Waals surface area contributed by atoms with Crippen molar-refractivity contribution >= 4 is 0 Å². The van der Waals surface area contributed by atoms with Crippen LogP contribution in [-0.2, 0) is 12.6 Å². The van der Waals surface area contributed by atoms with Crippen molar-refractivity contribution in [3.63, 3.8) is 0 Å². The molecule has 1 fully saturated rings. The fourth-order valence-electron chi connectivity index (χ4n) is 2.05. The molecule has 0 radical (unpaired) electrons. The molecule has 0 aromatic carbocycles. The molecule has 1 aliphatic rings. The zero-order valence-corrected chi connectivity index (χ0v) is 9.14. The molecule has 1 saturated heterocycles. The Morgan fingerprint density at radius 2 is 2.24 bits per heavy atom. The molecular formula is C10H14F3N3O. The second-order valence-electron chi connectivity index (χ2n) is 4.46. The molecule has 0 bridgehead atoms. The van der Waals surface area contributed by atoms with Crippen molar-refractivity contribution in [2.24, 2.45) is 0 Å². The quantitative estimate of drug-likeness (QED) is 0.735. The normalized spacial score (nSPS) is 26.1. The Morgan fingerprint density at radius 3 is 2.76 bits per heavy atom. The van der Waals surface area contributed by atoms with Gasteiger partial charge in [-0.3, -0.25) is 5.10 Å². The van der Waals surface area contributed by atoms with E-state index in [-0.39, 0.29) is 6.42 Å². The molecule has 2 rings (SSSR count). The van der Waals surface area contributed by atoms with Gasteiger partial charge >= 0.3 is 6.18 Å². The number of hydrogen-bond acceptors (Lipinski definition) is 3. The van der Waals surface area contributed by atoms with Crippen molar-refractivity contribution in [3.05, 3.63) is 17.5 Å². The van der Waals surface area contributed by atoms with Crippen LogP contribution >= 0.6 is 0 Å². The van der Waals surface area contributed by atoms with Crippen LogP contribution in [0.15, 0.2) is 6.07 Å². The van der Waals surface area contributed by atoms with E-state index in [2.05, 4.69) is 15.5 Å². The number of β-amino-alcohol motifs (C(OH)–C–C–N with tert-alkyl or cyclic N) is 1. The number of aromatic nitrogens is 2. The van der Waals surface area contributed by atoms with Crippen LogP contribution in [0.4, 0.5) is 13.2 Å². The summed E-state index contributed by atoms with van der Waals surface area (Å²) in [7, 11) is 0. The summed E-state index contributed by atoms with van der Waals surface area (Å²) in [6.07, 6.45) is -2.89. The number of piperidine rings is 1. The summed E-state index contributed by atoms with van der Waals surface area (Å²) in [6.45, 7) is 1.23. The maximum absolute atomic E-state index is 12.3. The number of nitrogens with one attached hydrogen (secondary N) is 2. The molecule has 0 saturated carbocycles. The molecule has 1 aromatic rings. The smallest absolute Gasteiger partial charge is 0.388 e. The number of rotatable bonds is 2. The van der Waals surface area contributed by atoms with E-state index in [9.17, 15) is 18.3 Å². The summed E-state index contributed by atoms with van der Waals surface area (Å²) < 4.78 is 37.0. The van der Waals surface area contributed by atoms with E-state index in [0.717, 1.165) is 19.0 Å². The Bertz CT molecular complexity index is 382. The number of halogens is 3. The van der Waals surface area contributed by atoms with Gasteiger partial charge in [-0.15, -0.1) is 0 Å². The zero-order valence-electron chi connectivity index (χ0n) is 9.14. The first-order valence-electron chi connectivity index (χ1n) is 5.44. The molecule has 0 spiro atoms. The summed E-state index contributed by atoms with van der Waals surface area (Å²) >= 11 is 0. The van der Waals surface area contributed by atoms with Gasteiger partial charge in [0.15, 0.2) is 5.69 Å². The number of alkyl halides is 3. The zero-order chi connectivity index (χ0) is 12.5. The highest BCUT2D eigenvalue weighted by atomic mass is 19.4. The van der Waals surface area contributed by atoms with Gasteiger partial charge in [0.2, 0.25) is 0 Å². The van der Waals surface area contributed by atoms with E-state index < -0.39 is 17.5 Å². The monoisotopic (exact) mass is 249 g/mol.